The first-order valence-electron chi connectivity index (χ1n) is 7.39. The van der Waals surface area contributed by atoms with Crippen molar-refractivity contribution < 1.29 is 9.90 Å². The molecule has 0 aromatic heterocycles. The molecule has 4 nitrogen and oxygen atoms in total. The molecule has 0 spiro atoms. The van der Waals surface area contributed by atoms with E-state index in [0.717, 1.165) is 36.9 Å². The smallest absolute Gasteiger partial charge is 0.231 e. The first kappa shape index (κ1) is 13.4. The minimum atomic E-state index is -0.671. The van der Waals surface area contributed by atoms with Crippen molar-refractivity contribution in [1.82, 2.24) is 4.90 Å². The average molecular weight is 274 g/mol. The highest BCUT2D eigenvalue weighted by molar-refractivity contribution is 5.88. The van der Waals surface area contributed by atoms with E-state index in [1.54, 1.807) is 11.9 Å². The van der Waals surface area contributed by atoms with Crippen molar-refractivity contribution in [2.45, 2.75) is 37.2 Å². The van der Waals surface area contributed by atoms with Gasteiger partial charge in [-0.3, -0.25) is 4.79 Å². The number of carbonyl (C=O) groups excluding carboxylic acids is 1. The summed E-state index contributed by atoms with van der Waals surface area (Å²) in [7, 11) is 1.81. The number of carbonyl (C=O) groups is 1. The van der Waals surface area contributed by atoms with Crippen molar-refractivity contribution in [1.29, 1.82) is 0 Å². The van der Waals surface area contributed by atoms with Crippen LogP contribution in [0.1, 0.15) is 37.2 Å². The van der Waals surface area contributed by atoms with Crippen molar-refractivity contribution in [2.75, 3.05) is 25.5 Å². The van der Waals surface area contributed by atoms with Gasteiger partial charge in [-0.15, -0.1) is 0 Å². The van der Waals surface area contributed by atoms with E-state index >= 15 is 0 Å². The molecule has 1 aromatic rings. The Kier molecular flexibility index (Phi) is 3.42. The minimum Gasteiger partial charge on any atom is -0.388 e. The molecule has 1 amide bonds. The van der Waals surface area contributed by atoms with Crippen LogP contribution in [0, 0.1) is 0 Å². The highest BCUT2D eigenvalue weighted by Gasteiger charge is 2.36. The Morgan fingerprint density at radius 2 is 2.10 bits per heavy atom. The van der Waals surface area contributed by atoms with Gasteiger partial charge in [-0.1, -0.05) is 31.0 Å². The molecule has 108 valence electrons. The summed E-state index contributed by atoms with van der Waals surface area (Å²) in [5, 5.41) is 13.7. The fourth-order valence-corrected chi connectivity index (χ4v) is 3.48. The number of hydrogen-bond donors (Lipinski definition) is 2. The number of aliphatic hydroxyl groups is 1. The highest BCUT2D eigenvalue weighted by atomic mass is 16.3. The van der Waals surface area contributed by atoms with E-state index in [4.69, 9.17) is 0 Å². The molecule has 3 rings (SSSR count). The fraction of sp³-hybridized carbons (Fsp3) is 0.562. The standard InChI is InChI=1S/C16H22N2O2/c1-18(11-16(20)8-4-5-9-16)15(19)13-10-17-14-7-3-2-6-12(13)14/h2-3,6-7,13,17,20H,4-5,8-11H2,1H3. The van der Waals surface area contributed by atoms with Crippen molar-refractivity contribution in [2.24, 2.45) is 0 Å². The van der Waals surface area contributed by atoms with Crippen LogP contribution in [0.5, 0.6) is 0 Å². The maximum atomic E-state index is 12.6. The Labute approximate surface area is 119 Å². The Morgan fingerprint density at radius 3 is 2.85 bits per heavy atom. The molecule has 0 radical (unpaired) electrons. The molecule has 1 fully saturated rings. The summed E-state index contributed by atoms with van der Waals surface area (Å²) in [5.41, 5.74) is 1.46. The van der Waals surface area contributed by atoms with E-state index in [9.17, 15) is 9.90 Å². The van der Waals surface area contributed by atoms with Gasteiger partial charge in [-0.2, -0.15) is 0 Å². The number of hydrogen-bond acceptors (Lipinski definition) is 3. The zero-order chi connectivity index (χ0) is 14.2. The van der Waals surface area contributed by atoms with Crippen molar-refractivity contribution in [3.63, 3.8) is 0 Å². The molecule has 0 saturated heterocycles. The normalized spacial score (nSPS) is 23.2. The molecule has 0 bridgehead atoms. The summed E-state index contributed by atoms with van der Waals surface area (Å²) < 4.78 is 0. The van der Waals surface area contributed by atoms with Crippen LogP contribution in [-0.4, -0.2) is 41.7 Å². The second kappa shape index (κ2) is 5.09. The number of nitrogens with one attached hydrogen (secondary N) is 1. The van der Waals surface area contributed by atoms with Gasteiger partial charge >= 0.3 is 0 Å². The molecule has 1 unspecified atom stereocenters. The summed E-state index contributed by atoms with van der Waals surface area (Å²) in [6.07, 6.45) is 3.74. The minimum absolute atomic E-state index is 0.0998. The van der Waals surface area contributed by atoms with Crippen LogP contribution in [0.4, 0.5) is 5.69 Å². The van der Waals surface area contributed by atoms with E-state index in [1.165, 1.54) is 0 Å². The van der Waals surface area contributed by atoms with Crippen LogP contribution in [0.2, 0.25) is 0 Å². The number of fused-ring (bicyclic) bond motifs is 1. The van der Waals surface area contributed by atoms with E-state index in [2.05, 4.69) is 5.32 Å². The SMILES string of the molecule is CN(CC1(O)CCCC1)C(=O)C1CNc2ccccc21. The molecule has 1 aromatic carbocycles. The Hall–Kier alpha value is -1.55. The van der Waals surface area contributed by atoms with E-state index in [0.29, 0.717) is 13.1 Å². The van der Waals surface area contributed by atoms with Gasteiger partial charge in [-0.25, -0.2) is 0 Å². The third-order valence-electron chi connectivity index (χ3n) is 4.57. The van der Waals surface area contributed by atoms with Crippen LogP contribution >= 0.6 is 0 Å². The molecule has 2 aliphatic rings. The molecule has 1 aliphatic carbocycles. The molecular weight excluding hydrogens is 252 g/mol. The second-order valence-corrected chi connectivity index (χ2v) is 6.15. The maximum absolute atomic E-state index is 12.6. The van der Waals surface area contributed by atoms with E-state index < -0.39 is 5.60 Å². The van der Waals surface area contributed by atoms with Crippen LogP contribution in [0.25, 0.3) is 0 Å². The predicted octanol–water partition coefficient (Wildman–Crippen LogP) is 1.96. The molecule has 1 aliphatic heterocycles. The fourth-order valence-electron chi connectivity index (χ4n) is 3.48. The lowest BCUT2D eigenvalue weighted by atomic mass is 9.97. The quantitative estimate of drug-likeness (QED) is 0.886. The molecule has 1 heterocycles. The lowest BCUT2D eigenvalue weighted by molar-refractivity contribution is -0.134. The van der Waals surface area contributed by atoms with Crippen molar-refractivity contribution in [3.8, 4) is 0 Å². The van der Waals surface area contributed by atoms with Crippen LogP contribution in [-0.2, 0) is 4.79 Å². The van der Waals surface area contributed by atoms with Gasteiger partial charge in [0.05, 0.1) is 11.5 Å². The van der Waals surface area contributed by atoms with Crippen LogP contribution in [0.3, 0.4) is 0 Å². The van der Waals surface area contributed by atoms with Crippen LogP contribution < -0.4 is 5.32 Å². The highest BCUT2D eigenvalue weighted by Crippen LogP contribution is 2.34. The average Bonchev–Trinajstić information content (AvgIpc) is 3.04. The monoisotopic (exact) mass is 274 g/mol. The number of anilines is 1. The first-order valence-corrected chi connectivity index (χ1v) is 7.39. The van der Waals surface area contributed by atoms with Gasteiger partial charge in [0.25, 0.3) is 0 Å². The van der Waals surface area contributed by atoms with Crippen LogP contribution in [0.15, 0.2) is 24.3 Å². The molecular formula is C16H22N2O2. The van der Waals surface area contributed by atoms with Gasteiger partial charge in [0.1, 0.15) is 0 Å². The number of likely N-dealkylation sites (N-methyl/N-ethyl adjacent to an activating group) is 1. The summed E-state index contributed by atoms with van der Waals surface area (Å²) in [4.78, 5) is 14.3. The summed E-state index contributed by atoms with van der Waals surface area (Å²) in [5.74, 6) is -0.0241. The zero-order valence-corrected chi connectivity index (χ0v) is 11.9. The Morgan fingerprint density at radius 1 is 1.40 bits per heavy atom. The van der Waals surface area contributed by atoms with Crippen molar-refractivity contribution >= 4 is 11.6 Å². The summed E-state index contributed by atoms with van der Waals surface area (Å²) >= 11 is 0. The van der Waals surface area contributed by atoms with E-state index in [1.807, 2.05) is 24.3 Å². The molecule has 1 saturated carbocycles. The van der Waals surface area contributed by atoms with Gasteiger partial charge in [0.15, 0.2) is 0 Å². The number of benzene rings is 1. The third kappa shape index (κ3) is 2.40. The topological polar surface area (TPSA) is 52.6 Å². The number of amides is 1. The Balaban J connectivity index is 1.70. The number of nitrogens with zero attached hydrogens (tertiary/aromatic N) is 1. The largest absolute Gasteiger partial charge is 0.388 e. The maximum Gasteiger partial charge on any atom is 0.231 e. The first-order chi connectivity index (χ1) is 9.59. The number of rotatable bonds is 3. The number of para-hydroxylation sites is 1. The zero-order valence-electron chi connectivity index (χ0n) is 11.9. The molecule has 20 heavy (non-hydrogen) atoms. The molecule has 4 heteroatoms. The lowest BCUT2D eigenvalue weighted by Gasteiger charge is -2.30. The summed E-state index contributed by atoms with van der Waals surface area (Å²) in [6, 6.07) is 7.96. The third-order valence-corrected chi connectivity index (χ3v) is 4.57. The molecule has 2 N–H and O–H groups in total. The molecule has 1 atom stereocenters. The van der Waals surface area contributed by atoms with Gasteiger partial charge < -0.3 is 15.3 Å². The van der Waals surface area contributed by atoms with Gasteiger partial charge in [0.2, 0.25) is 5.91 Å². The van der Waals surface area contributed by atoms with Crippen molar-refractivity contribution in [3.05, 3.63) is 29.8 Å². The lowest BCUT2D eigenvalue weighted by Crippen LogP contribution is -2.44. The van der Waals surface area contributed by atoms with Gasteiger partial charge in [-0.05, 0) is 24.5 Å². The predicted molar refractivity (Wildman–Crippen MR) is 78.7 cm³/mol. The second-order valence-electron chi connectivity index (χ2n) is 6.15. The Bertz CT molecular complexity index is 509. The van der Waals surface area contributed by atoms with E-state index in [-0.39, 0.29) is 11.8 Å². The summed E-state index contributed by atoms with van der Waals surface area (Å²) in [6.45, 7) is 1.10. The van der Waals surface area contributed by atoms with Gasteiger partial charge in [0, 0.05) is 25.8 Å².